The Bertz CT molecular complexity index is 809. The summed E-state index contributed by atoms with van der Waals surface area (Å²) in [6.07, 6.45) is 2.08. The van der Waals surface area contributed by atoms with E-state index in [0.29, 0.717) is 13.0 Å². The van der Waals surface area contributed by atoms with Crippen LogP contribution in [0.1, 0.15) is 13.3 Å². The molecule has 0 saturated carbocycles. The molecule has 1 aromatic carbocycles. The van der Waals surface area contributed by atoms with Crippen molar-refractivity contribution >= 4 is 23.6 Å². The molecule has 0 aliphatic carbocycles. The number of carboxylic acids is 1. The molecule has 4 rings (SSSR count). The number of benzene rings is 1. The van der Waals surface area contributed by atoms with Gasteiger partial charge in [-0.2, -0.15) is 0 Å². The predicted octanol–water partition coefficient (Wildman–Crippen LogP) is 1.46. The molecular formula is C16H16N4O3S. The number of hydrogen-bond donors (Lipinski definition) is 1. The van der Waals surface area contributed by atoms with Gasteiger partial charge in [-0.25, -0.2) is 9.48 Å². The molecule has 3 atom stereocenters. The smallest absolute Gasteiger partial charge is 0.327 e. The Hall–Kier alpha value is -2.35. The van der Waals surface area contributed by atoms with Crippen LogP contribution in [0.25, 0.3) is 11.3 Å². The molecule has 0 spiro atoms. The Morgan fingerprint density at radius 3 is 2.83 bits per heavy atom. The van der Waals surface area contributed by atoms with Crippen LogP contribution < -0.4 is 0 Å². The third-order valence-electron chi connectivity index (χ3n) is 4.59. The molecule has 1 aromatic heterocycles. The number of thioether (sulfide) groups is 1. The van der Waals surface area contributed by atoms with E-state index in [1.807, 2.05) is 37.3 Å². The predicted molar refractivity (Wildman–Crippen MR) is 88.1 cm³/mol. The zero-order valence-corrected chi connectivity index (χ0v) is 13.8. The minimum atomic E-state index is -0.970. The number of aromatic nitrogens is 3. The van der Waals surface area contributed by atoms with Crippen LogP contribution in [0, 0.1) is 0 Å². The minimum absolute atomic E-state index is 0.0488. The van der Waals surface area contributed by atoms with Gasteiger partial charge >= 0.3 is 5.97 Å². The van der Waals surface area contributed by atoms with Crippen molar-refractivity contribution in [3.8, 4) is 11.3 Å². The van der Waals surface area contributed by atoms with E-state index in [1.165, 1.54) is 4.90 Å². The van der Waals surface area contributed by atoms with Crippen molar-refractivity contribution in [3.63, 3.8) is 0 Å². The number of carboxylic acid groups (broad SMARTS) is 1. The van der Waals surface area contributed by atoms with Crippen LogP contribution in [0.4, 0.5) is 0 Å². The molecule has 2 aliphatic heterocycles. The van der Waals surface area contributed by atoms with Crippen molar-refractivity contribution in [2.75, 3.05) is 0 Å². The first-order chi connectivity index (χ1) is 11.5. The number of rotatable bonds is 4. The van der Waals surface area contributed by atoms with E-state index in [9.17, 15) is 14.7 Å². The number of carbonyl (C=O) groups is 2. The van der Waals surface area contributed by atoms with Gasteiger partial charge in [0.25, 0.3) is 0 Å². The molecule has 2 aliphatic rings. The largest absolute Gasteiger partial charge is 0.480 e. The molecule has 3 heterocycles. The first kappa shape index (κ1) is 15.2. The maximum atomic E-state index is 11.8. The highest BCUT2D eigenvalue weighted by molar-refractivity contribution is 8.01. The zero-order valence-electron chi connectivity index (χ0n) is 13.0. The van der Waals surface area contributed by atoms with Gasteiger partial charge in [0.2, 0.25) is 5.91 Å². The van der Waals surface area contributed by atoms with Crippen LogP contribution in [-0.4, -0.2) is 53.0 Å². The van der Waals surface area contributed by atoms with Crippen LogP contribution in [0.2, 0.25) is 0 Å². The Kier molecular flexibility index (Phi) is 3.38. The SMILES string of the molecule is C[C@@]1(Cn2nncc2-c2ccccc2)S[C@@H]2CC(=O)N2[C@H]1C(=O)O. The van der Waals surface area contributed by atoms with Gasteiger partial charge < -0.3 is 10.0 Å². The number of nitrogens with zero attached hydrogens (tertiary/aromatic N) is 4. The monoisotopic (exact) mass is 344 g/mol. The highest BCUT2D eigenvalue weighted by atomic mass is 32.2. The van der Waals surface area contributed by atoms with Crippen LogP contribution in [0.3, 0.4) is 0 Å². The molecular weight excluding hydrogens is 328 g/mol. The number of amides is 1. The fraction of sp³-hybridized carbons (Fsp3) is 0.375. The maximum Gasteiger partial charge on any atom is 0.327 e. The normalized spacial score (nSPS) is 28.5. The third kappa shape index (κ3) is 2.21. The van der Waals surface area contributed by atoms with Crippen molar-refractivity contribution in [1.82, 2.24) is 19.9 Å². The highest BCUT2D eigenvalue weighted by Crippen LogP contribution is 2.51. The lowest BCUT2D eigenvalue weighted by atomic mass is 9.96. The first-order valence-corrected chi connectivity index (χ1v) is 8.53. The molecule has 1 N–H and O–H groups in total. The summed E-state index contributed by atoms with van der Waals surface area (Å²) in [5.74, 6) is -1.06. The topological polar surface area (TPSA) is 88.3 Å². The number of hydrogen-bond acceptors (Lipinski definition) is 5. The van der Waals surface area contributed by atoms with Crippen LogP contribution >= 0.6 is 11.8 Å². The summed E-state index contributed by atoms with van der Waals surface area (Å²) in [5, 5.41) is 17.7. The minimum Gasteiger partial charge on any atom is -0.480 e. The van der Waals surface area contributed by atoms with Crippen molar-refractivity contribution in [3.05, 3.63) is 36.5 Å². The van der Waals surface area contributed by atoms with Crippen molar-refractivity contribution in [2.24, 2.45) is 0 Å². The fourth-order valence-corrected chi connectivity index (χ4v) is 5.23. The third-order valence-corrected chi connectivity index (χ3v) is 6.15. The average Bonchev–Trinajstić information content (AvgIpc) is 3.08. The molecule has 7 nitrogen and oxygen atoms in total. The Balaban J connectivity index is 1.67. The van der Waals surface area contributed by atoms with E-state index in [-0.39, 0.29) is 11.3 Å². The van der Waals surface area contributed by atoms with Gasteiger partial charge in [0, 0.05) is 5.56 Å². The van der Waals surface area contributed by atoms with Crippen LogP contribution in [-0.2, 0) is 16.1 Å². The number of carbonyl (C=O) groups excluding carboxylic acids is 1. The van der Waals surface area contributed by atoms with E-state index in [4.69, 9.17) is 0 Å². The summed E-state index contributed by atoms with van der Waals surface area (Å²) < 4.78 is 1.08. The summed E-state index contributed by atoms with van der Waals surface area (Å²) in [4.78, 5) is 25.1. The molecule has 0 bridgehead atoms. The fourth-order valence-electron chi connectivity index (χ4n) is 3.49. The Labute approximate surface area is 142 Å². The molecule has 24 heavy (non-hydrogen) atoms. The second kappa shape index (κ2) is 5.34. The maximum absolute atomic E-state index is 11.8. The quantitative estimate of drug-likeness (QED) is 0.845. The molecule has 2 aromatic rings. The van der Waals surface area contributed by atoms with E-state index in [1.54, 1.807) is 22.6 Å². The standard InChI is InChI=1S/C16H16N4O3S/c1-16(14(15(22)23)20-12(21)7-13(20)24-16)9-19-11(8-17-18-19)10-5-3-2-4-6-10/h2-6,8,13-14H,7,9H2,1H3,(H,22,23)/t13-,14+,16+/m1/s1. The first-order valence-electron chi connectivity index (χ1n) is 7.65. The summed E-state index contributed by atoms with van der Waals surface area (Å²) in [6.45, 7) is 2.26. The molecule has 8 heteroatoms. The number of β-lactam (4-membered cyclic amide) rings is 1. The lowest BCUT2D eigenvalue weighted by molar-refractivity contribution is -0.157. The van der Waals surface area contributed by atoms with E-state index < -0.39 is 16.8 Å². The van der Waals surface area contributed by atoms with Gasteiger partial charge in [0.05, 0.1) is 35.0 Å². The zero-order chi connectivity index (χ0) is 16.9. The van der Waals surface area contributed by atoms with Gasteiger partial charge in [-0.05, 0) is 6.92 Å². The van der Waals surface area contributed by atoms with Crippen LogP contribution in [0.5, 0.6) is 0 Å². The number of fused-ring (bicyclic) bond motifs is 1. The lowest BCUT2D eigenvalue weighted by Gasteiger charge is -2.37. The lowest BCUT2D eigenvalue weighted by Crippen LogP contribution is -2.58. The summed E-state index contributed by atoms with van der Waals surface area (Å²) in [6, 6.07) is 8.88. The van der Waals surface area contributed by atoms with Gasteiger partial charge in [0.15, 0.2) is 0 Å². The van der Waals surface area contributed by atoms with Crippen molar-refractivity contribution in [2.45, 2.75) is 36.1 Å². The van der Waals surface area contributed by atoms with E-state index in [0.717, 1.165) is 11.3 Å². The Morgan fingerprint density at radius 2 is 2.17 bits per heavy atom. The summed E-state index contributed by atoms with van der Waals surface area (Å²) in [5.41, 5.74) is 1.81. The molecule has 2 saturated heterocycles. The summed E-state index contributed by atoms with van der Waals surface area (Å²) >= 11 is 1.54. The number of aliphatic carboxylic acids is 1. The van der Waals surface area contributed by atoms with Crippen molar-refractivity contribution < 1.29 is 14.7 Å². The molecule has 0 radical (unpaired) electrons. The molecule has 0 unspecified atom stereocenters. The molecule has 2 fully saturated rings. The van der Waals surface area contributed by atoms with Crippen LogP contribution in [0.15, 0.2) is 36.5 Å². The van der Waals surface area contributed by atoms with Gasteiger partial charge in [-0.15, -0.1) is 16.9 Å². The average molecular weight is 344 g/mol. The van der Waals surface area contributed by atoms with Gasteiger partial charge in [-0.1, -0.05) is 35.5 Å². The van der Waals surface area contributed by atoms with Crippen molar-refractivity contribution in [1.29, 1.82) is 0 Å². The van der Waals surface area contributed by atoms with Gasteiger partial charge in [-0.3, -0.25) is 4.79 Å². The van der Waals surface area contributed by atoms with Gasteiger partial charge in [0.1, 0.15) is 6.04 Å². The highest BCUT2D eigenvalue weighted by Gasteiger charge is 2.60. The second-order valence-electron chi connectivity index (χ2n) is 6.27. The second-order valence-corrected chi connectivity index (χ2v) is 7.99. The molecule has 124 valence electrons. The summed E-state index contributed by atoms with van der Waals surface area (Å²) in [7, 11) is 0. The van der Waals surface area contributed by atoms with E-state index in [2.05, 4.69) is 10.3 Å². The Morgan fingerprint density at radius 1 is 1.42 bits per heavy atom. The van der Waals surface area contributed by atoms with E-state index >= 15 is 0 Å². The molecule has 1 amide bonds.